The Morgan fingerprint density at radius 1 is 0.426 bits per heavy atom. The van der Waals surface area contributed by atoms with Gasteiger partial charge in [-0.3, -0.25) is 47.9 Å². The summed E-state index contributed by atoms with van der Waals surface area (Å²) in [4.78, 5) is 115. The lowest BCUT2D eigenvalue weighted by Crippen LogP contribution is -2.50. The molecule has 0 amide bonds. The van der Waals surface area contributed by atoms with Crippen molar-refractivity contribution in [1.82, 2.24) is 0 Å². The van der Waals surface area contributed by atoms with Crippen LogP contribution in [0.2, 0.25) is 0 Å². The van der Waals surface area contributed by atoms with Crippen molar-refractivity contribution in [2.75, 3.05) is 67.0 Å². The fourth-order valence-electron chi connectivity index (χ4n) is 8.45. The van der Waals surface area contributed by atoms with E-state index in [4.69, 9.17) is 87.4 Å². The summed E-state index contributed by atoms with van der Waals surface area (Å²) in [6.07, 6.45) is 12.3. The van der Waals surface area contributed by atoms with Crippen LogP contribution in [0, 0.1) is 43.3 Å². The number of cyclic esters (lactones) is 1. The van der Waals surface area contributed by atoms with Gasteiger partial charge in [0.05, 0.1) is 76.2 Å². The lowest BCUT2D eigenvalue weighted by atomic mass is 9.89. The second kappa shape index (κ2) is 84.6. The molecule has 129 heavy (non-hydrogen) atoms. The van der Waals surface area contributed by atoms with Gasteiger partial charge < -0.3 is 80.5 Å². The van der Waals surface area contributed by atoms with E-state index in [1.165, 1.54) is 7.11 Å². The highest BCUT2D eigenvalue weighted by Gasteiger charge is 2.42. The summed E-state index contributed by atoms with van der Waals surface area (Å²) in [5.41, 5.74) is -4.15. The number of carbonyl (C=O) groups excluding carboxylic acids is 10. The molecule has 1 saturated carbocycles. The van der Waals surface area contributed by atoms with Gasteiger partial charge in [-0.1, -0.05) is 174 Å². The molecule has 0 aromatic heterocycles. The van der Waals surface area contributed by atoms with Crippen LogP contribution in [0.25, 0.3) is 0 Å². The van der Waals surface area contributed by atoms with E-state index in [-0.39, 0.29) is 222 Å². The van der Waals surface area contributed by atoms with E-state index in [9.17, 15) is 47.9 Å². The van der Waals surface area contributed by atoms with Crippen LogP contribution in [0.5, 0.6) is 0 Å². The van der Waals surface area contributed by atoms with Crippen LogP contribution < -0.4 is 0 Å². The van der Waals surface area contributed by atoms with Crippen molar-refractivity contribution in [1.29, 1.82) is 0 Å². The zero-order valence-corrected chi connectivity index (χ0v) is 76.4. The van der Waals surface area contributed by atoms with Crippen LogP contribution in [0.4, 0.5) is 0 Å². The summed E-state index contributed by atoms with van der Waals surface area (Å²) >= 11 is 5.43. The number of rotatable bonds is 32. The van der Waals surface area contributed by atoms with Gasteiger partial charge in [0.2, 0.25) is 18.9 Å². The van der Waals surface area contributed by atoms with E-state index in [2.05, 4.69) is 4.74 Å². The number of ketones is 1. The Balaban J connectivity index is -0.0000000621. The molecule has 792 valence electrons. The Kier molecular flexibility index (Phi) is 112. The summed E-state index contributed by atoms with van der Waals surface area (Å²) in [5.74, 6) is -1.31. The molecule has 28 heteroatoms. The summed E-state index contributed by atoms with van der Waals surface area (Å²) in [6, 6.07) is 0. The Labute approximate surface area is 802 Å². The van der Waals surface area contributed by atoms with Gasteiger partial charge in [-0.25, -0.2) is 0 Å². The number of carbonyl (C=O) groups is 10. The summed E-state index contributed by atoms with van der Waals surface area (Å²) in [7, 11) is 4.68. The first kappa shape index (κ1) is 170. The number of hydrogen-bond acceptors (Lipinski definition) is 27. The Morgan fingerprint density at radius 3 is 1.15 bits per heavy atom. The van der Waals surface area contributed by atoms with Crippen molar-refractivity contribution >= 4 is 71.1 Å². The Morgan fingerprint density at radius 2 is 0.798 bits per heavy atom. The highest BCUT2D eigenvalue weighted by Crippen LogP contribution is 2.34. The zero-order valence-electron chi connectivity index (χ0n) is 75.6. The average molecular weight is 1900 g/mol. The molecule has 27 nitrogen and oxygen atoms in total. The normalized spacial score (nSPS) is 18.4. The van der Waals surface area contributed by atoms with Crippen LogP contribution >= 0.6 is 11.6 Å². The largest absolute Gasteiger partial charge is 0.465 e. The maximum absolute atomic E-state index is 11.9. The quantitative estimate of drug-likeness (QED) is 0.0261. The number of halogens is 1. The molecule has 9 atom stereocenters. The van der Waals surface area contributed by atoms with Crippen molar-refractivity contribution in [3.05, 3.63) is 0 Å². The van der Waals surface area contributed by atoms with Gasteiger partial charge in [-0.2, -0.15) is 0 Å². The van der Waals surface area contributed by atoms with E-state index < -0.39 is 68.7 Å². The molecule has 0 N–H and O–H groups in total. The SMILES string of the molecule is C.C.C.C.C.C.C.C.C.C.C.C.C.C.C.C.CCC(C)(C)C(=O)OC(C)OCCCl.CCC(C)(C)C(=O)OC1(C)CCOC(=O)C1.CCC(C)(C)C(=O)OC1CCCC(=O)C1.CCC(C)(C)C(=O)OC1CCCC(OC)O1.CCC(C)(C)C(=O)OC1CCCCO1.CCC(C)(C)C(=O)OC1OCC1OC.CCC(C)(C)C(=O)OCOC.CCOC(C)OC(=O)C(C)(C)CC. The molecule has 0 spiro atoms. The second-order valence-corrected chi connectivity index (χ2v) is 34.4. The number of hydrogen-bond donors (Lipinski definition) is 0. The molecule has 5 aliphatic rings. The first-order chi connectivity index (χ1) is 52.2. The third-order valence-electron chi connectivity index (χ3n) is 21.0. The molecule has 9 unspecified atom stereocenters. The predicted octanol–water partition coefficient (Wildman–Crippen LogP) is 27.5. The molecule has 4 aliphatic heterocycles. The monoisotopic (exact) mass is 1900 g/mol. The van der Waals surface area contributed by atoms with Gasteiger partial charge in [0.1, 0.15) is 23.6 Å². The number of esters is 9. The molecule has 4 heterocycles. The van der Waals surface area contributed by atoms with E-state index in [0.717, 1.165) is 96.3 Å². The minimum Gasteiger partial charge on any atom is -0.465 e. The first-order valence-electron chi connectivity index (χ1n) is 40.8. The van der Waals surface area contributed by atoms with Crippen LogP contribution in [-0.4, -0.2) is 182 Å². The molecule has 0 radical (unpaired) electrons. The molecular formula is C101H219ClO27. The molecular weight excluding hydrogens is 1680 g/mol. The van der Waals surface area contributed by atoms with Crippen LogP contribution in [-0.2, 0) is 128 Å². The minimum atomic E-state index is -0.696. The van der Waals surface area contributed by atoms with E-state index in [1.807, 2.05) is 173 Å². The van der Waals surface area contributed by atoms with E-state index >= 15 is 0 Å². The van der Waals surface area contributed by atoms with Crippen molar-refractivity contribution < 1.29 is 128 Å². The van der Waals surface area contributed by atoms with E-state index in [1.54, 1.807) is 35.0 Å². The second-order valence-electron chi connectivity index (χ2n) is 34.0. The van der Waals surface area contributed by atoms with Gasteiger partial charge in [0, 0.05) is 65.9 Å². The van der Waals surface area contributed by atoms with Gasteiger partial charge in [-0.05, 0) is 228 Å². The van der Waals surface area contributed by atoms with Gasteiger partial charge in [-0.15, -0.1) is 11.6 Å². The van der Waals surface area contributed by atoms with Gasteiger partial charge in [0.25, 0.3) is 0 Å². The third-order valence-corrected chi connectivity index (χ3v) is 21.1. The summed E-state index contributed by atoms with van der Waals surface area (Å²) < 4.78 is 87.3. The fourth-order valence-corrected chi connectivity index (χ4v) is 8.54. The molecule has 0 bridgehead atoms. The van der Waals surface area contributed by atoms with Gasteiger partial charge in [0.15, 0.2) is 25.7 Å². The molecule has 4 saturated heterocycles. The topological polar surface area (TPSA) is 328 Å². The zero-order chi connectivity index (χ0) is 88.0. The molecule has 1 aliphatic carbocycles. The van der Waals surface area contributed by atoms with Crippen molar-refractivity contribution in [2.24, 2.45) is 43.3 Å². The summed E-state index contributed by atoms with van der Waals surface area (Å²) in [6.45, 7) is 55.2. The Bertz CT molecular complexity index is 2730. The predicted molar refractivity (Wildman–Crippen MR) is 538 cm³/mol. The highest BCUT2D eigenvalue weighted by molar-refractivity contribution is 6.18. The van der Waals surface area contributed by atoms with Crippen molar-refractivity contribution in [3.63, 3.8) is 0 Å². The van der Waals surface area contributed by atoms with Gasteiger partial charge >= 0.3 is 53.7 Å². The highest BCUT2D eigenvalue weighted by atomic mass is 35.5. The molecule has 0 aromatic carbocycles. The summed E-state index contributed by atoms with van der Waals surface area (Å²) in [5, 5.41) is 0. The maximum atomic E-state index is 11.9. The lowest BCUT2D eigenvalue weighted by molar-refractivity contribution is -0.282. The molecule has 5 fully saturated rings. The average Bonchev–Trinajstić information content (AvgIpc) is 0.828. The van der Waals surface area contributed by atoms with E-state index in [0.29, 0.717) is 64.6 Å². The lowest BCUT2D eigenvalue weighted by Gasteiger charge is -2.36. The molecule has 5 rings (SSSR count). The number of ether oxygens (including phenoxy) is 17. The fraction of sp³-hybridized carbons (Fsp3) is 0.901. The van der Waals surface area contributed by atoms with Crippen LogP contribution in [0.3, 0.4) is 0 Å². The smallest absolute Gasteiger partial charge is 0.313 e. The maximum Gasteiger partial charge on any atom is 0.313 e. The standard InChI is InChI=1S/C12H20O4.C12H22O4.C12H20O3.C11H20O3.C10H19ClO3.C10H18O4.C10H20O3.C8H16O3.16CH4/c1-5-11(2,3)10(14)16-12(4)6-7-15-9(13)8-12;1-5-12(2,3)11(13)16-10-8-6-7-9(14-4)15-10;1-4-12(2,3)11(14)15-10-7-5-6-9(13)8-10;1-4-11(2,3)10(12)14-9-7-5-6-8-13-9;1-5-10(3,4)9(12)14-8(2)13-7-6-11;1-5-10(2,3)9(11)14-8-7(12-4)6-13-8;1-6-10(4,5)9(11)13-8(3)12-7-2;1-5-8(2,3)7(9)11-6-10-4;;;;;;;;;;;;;;;;/h5-8H2,1-4H3;9-10H,5-8H2,1-4H3;10H,4-8H2,1-3H3;9H,4-8H2,1-3H3;8H,5-7H2,1-4H3;7-8H,5-6H2,1-4H3;8H,6-7H2,1-5H3;5-6H2,1-4H3;16*1H4. The first-order valence-corrected chi connectivity index (χ1v) is 41.3. The van der Waals surface area contributed by atoms with Crippen LogP contribution in [0.1, 0.15) is 441 Å². The number of alkyl halides is 1. The number of Topliss-reactive ketones (excluding diaryl/α,β-unsaturated/α-hetero) is 1. The number of methoxy groups -OCH3 is 3. The third kappa shape index (κ3) is 70.2. The molecule has 0 aromatic rings. The Hall–Kier alpha value is -5.13. The van der Waals surface area contributed by atoms with Crippen molar-refractivity contribution in [2.45, 2.75) is 497 Å². The minimum absolute atomic E-state index is 0. The van der Waals surface area contributed by atoms with Crippen LogP contribution in [0.15, 0.2) is 0 Å². The van der Waals surface area contributed by atoms with Crippen molar-refractivity contribution in [3.8, 4) is 0 Å².